The molecule has 3 N–H and O–H groups in total. The summed E-state index contributed by atoms with van der Waals surface area (Å²) in [4.78, 5) is 17.9. The fourth-order valence-corrected chi connectivity index (χ4v) is 1.14. The largest absolute Gasteiger partial charge is 0.480 e. The van der Waals surface area contributed by atoms with Crippen LogP contribution in [0, 0.1) is 0 Å². The van der Waals surface area contributed by atoms with Gasteiger partial charge in [-0.2, -0.15) is 0 Å². The van der Waals surface area contributed by atoms with Crippen LogP contribution in [-0.2, 0) is 4.79 Å². The van der Waals surface area contributed by atoms with Crippen molar-refractivity contribution in [1.82, 2.24) is 9.97 Å². The first-order chi connectivity index (χ1) is 5.63. The molecule has 0 spiro atoms. The number of nitrogens with two attached hydrogens (primary N) is 1. The number of carbonyl (C=O) groups is 1. The maximum atomic E-state index is 10.4. The van der Waals surface area contributed by atoms with E-state index < -0.39 is 12.0 Å². The van der Waals surface area contributed by atoms with Crippen LogP contribution >= 0.6 is 15.9 Å². The van der Waals surface area contributed by atoms with Gasteiger partial charge in [0.05, 0.1) is 10.2 Å². The molecule has 1 rings (SSSR count). The van der Waals surface area contributed by atoms with Crippen LogP contribution in [0.15, 0.2) is 17.0 Å². The van der Waals surface area contributed by atoms with Crippen LogP contribution in [0.4, 0.5) is 0 Å². The minimum absolute atomic E-state index is 0.275. The van der Waals surface area contributed by atoms with Gasteiger partial charge in [0, 0.05) is 6.20 Å². The molecule has 0 radical (unpaired) electrons. The van der Waals surface area contributed by atoms with E-state index in [-0.39, 0.29) is 5.69 Å². The molecule has 1 atom stereocenters. The Balaban J connectivity index is 3.02. The van der Waals surface area contributed by atoms with Gasteiger partial charge in [-0.25, -0.2) is 9.97 Å². The Morgan fingerprint density at radius 2 is 2.42 bits per heavy atom. The molecule has 64 valence electrons. The lowest BCUT2D eigenvalue weighted by atomic mass is 10.2. The molecule has 1 aromatic rings. The molecule has 1 heterocycles. The molecule has 0 bridgehead atoms. The molecule has 6 heteroatoms. The van der Waals surface area contributed by atoms with Crippen molar-refractivity contribution in [2.75, 3.05) is 0 Å². The maximum absolute atomic E-state index is 10.4. The second kappa shape index (κ2) is 3.59. The summed E-state index contributed by atoms with van der Waals surface area (Å²) >= 11 is 3.10. The smallest absolute Gasteiger partial charge is 0.326 e. The first kappa shape index (κ1) is 9.08. The van der Waals surface area contributed by atoms with E-state index in [0.29, 0.717) is 4.47 Å². The number of rotatable bonds is 2. The van der Waals surface area contributed by atoms with E-state index in [0.717, 1.165) is 0 Å². The van der Waals surface area contributed by atoms with Gasteiger partial charge in [-0.3, -0.25) is 4.79 Å². The maximum Gasteiger partial charge on any atom is 0.326 e. The number of carboxylic acids is 1. The third-order valence-electron chi connectivity index (χ3n) is 1.26. The molecular formula is C6H6BrN3O2. The minimum Gasteiger partial charge on any atom is -0.480 e. The van der Waals surface area contributed by atoms with Gasteiger partial charge in [-0.1, -0.05) is 0 Å². The molecule has 0 aliphatic carbocycles. The molecule has 12 heavy (non-hydrogen) atoms. The zero-order valence-electron chi connectivity index (χ0n) is 5.94. The van der Waals surface area contributed by atoms with Crippen LogP contribution in [0.1, 0.15) is 11.7 Å². The van der Waals surface area contributed by atoms with Crippen molar-refractivity contribution in [3.05, 3.63) is 22.7 Å². The Bertz CT molecular complexity index is 305. The van der Waals surface area contributed by atoms with Crippen molar-refractivity contribution >= 4 is 21.9 Å². The number of carboxylic acid groups (broad SMARTS) is 1. The lowest BCUT2D eigenvalue weighted by Crippen LogP contribution is -2.22. The standard InChI is InChI=1S/C6H6BrN3O2/c7-3-1-9-2-10-5(3)4(8)6(11)12/h1-2,4H,8H2,(H,11,12). The van der Waals surface area contributed by atoms with Gasteiger partial charge in [0.1, 0.15) is 12.4 Å². The molecule has 0 saturated heterocycles. The highest BCUT2D eigenvalue weighted by molar-refractivity contribution is 9.10. The third kappa shape index (κ3) is 1.77. The van der Waals surface area contributed by atoms with Crippen molar-refractivity contribution < 1.29 is 9.90 Å². The summed E-state index contributed by atoms with van der Waals surface area (Å²) in [5.41, 5.74) is 5.59. The van der Waals surface area contributed by atoms with E-state index in [1.807, 2.05) is 0 Å². The van der Waals surface area contributed by atoms with Gasteiger partial charge in [0.15, 0.2) is 0 Å². The molecule has 5 nitrogen and oxygen atoms in total. The predicted molar refractivity (Wildman–Crippen MR) is 44.3 cm³/mol. The van der Waals surface area contributed by atoms with Crippen LogP contribution in [0.5, 0.6) is 0 Å². The molecule has 0 amide bonds. The third-order valence-corrected chi connectivity index (χ3v) is 1.87. The topological polar surface area (TPSA) is 89.1 Å². The van der Waals surface area contributed by atoms with Crippen LogP contribution in [0.2, 0.25) is 0 Å². The summed E-state index contributed by atoms with van der Waals surface area (Å²) < 4.78 is 0.500. The average Bonchev–Trinajstić information content (AvgIpc) is 2.04. The van der Waals surface area contributed by atoms with E-state index in [1.165, 1.54) is 12.5 Å². The molecule has 1 aromatic heterocycles. The lowest BCUT2D eigenvalue weighted by Gasteiger charge is -2.05. The summed E-state index contributed by atoms with van der Waals surface area (Å²) in [6, 6.07) is -1.11. The first-order valence-electron chi connectivity index (χ1n) is 3.06. The molecule has 0 aromatic carbocycles. The van der Waals surface area contributed by atoms with Crippen LogP contribution in [0.3, 0.4) is 0 Å². The Morgan fingerprint density at radius 3 is 2.92 bits per heavy atom. The van der Waals surface area contributed by atoms with Crippen molar-refractivity contribution in [2.24, 2.45) is 5.73 Å². The summed E-state index contributed by atoms with van der Waals surface area (Å²) in [6.07, 6.45) is 2.70. The lowest BCUT2D eigenvalue weighted by molar-refractivity contribution is -0.138. The first-order valence-corrected chi connectivity index (χ1v) is 3.86. The highest BCUT2D eigenvalue weighted by Crippen LogP contribution is 2.17. The van der Waals surface area contributed by atoms with E-state index in [2.05, 4.69) is 25.9 Å². The molecule has 0 saturated carbocycles. The summed E-state index contributed by atoms with van der Waals surface area (Å²) in [5, 5.41) is 8.55. The van der Waals surface area contributed by atoms with Gasteiger partial charge in [-0.15, -0.1) is 0 Å². The normalized spacial score (nSPS) is 12.5. The SMILES string of the molecule is NC(C(=O)O)c1ncncc1Br. The van der Waals surface area contributed by atoms with Crippen LogP contribution < -0.4 is 5.73 Å². The Hall–Kier alpha value is -1.01. The molecular weight excluding hydrogens is 226 g/mol. The van der Waals surface area contributed by atoms with E-state index in [9.17, 15) is 4.79 Å². The zero-order chi connectivity index (χ0) is 9.14. The number of halogens is 1. The molecule has 0 aliphatic rings. The van der Waals surface area contributed by atoms with Crippen molar-refractivity contribution in [1.29, 1.82) is 0 Å². The molecule has 0 fully saturated rings. The highest BCUT2D eigenvalue weighted by Gasteiger charge is 2.18. The van der Waals surface area contributed by atoms with Crippen molar-refractivity contribution in [3.8, 4) is 0 Å². The zero-order valence-corrected chi connectivity index (χ0v) is 7.52. The van der Waals surface area contributed by atoms with Crippen LogP contribution in [0.25, 0.3) is 0 Å². The number of hydrogen-bond donors (Lipinski definition) is 2. The number of nitrogens with zero attached hydrogens (tertiary/aromatic N) is 2. The number of aromatic nitrogens is 2. The fourth-order valence-electron chi connectivity index (χ4n) is 0.668. The van der Waals surface area contributed by atoms with Gasteiger partial charge < -0.3 is 10.8 Å². The Morgan fingerprint density at radius 1 is 1.75 bits per heavy atom. The van der Waals surface area contributed by atoms with E-state index >= 15 is 0 Å². The fraction of sp³-hybridized carbons (Fsp3) is 0.167. The number of hydrogen-bond acceptors (Lipinski definition) is 4. The quantitative estimate of drug-likeness (QED) is 0.766. The monoisotopic (exact) mass is 231 g/mol. The number of aliphatic carboxylic acids is 1. The average molecular weight is 232 g/mol. The van der Waals surface area contributed by atoms with Gasteiger partial charge in [0.25, 0.3) is 0 Å². The second-order valence-electron chi connectivity index (χ2n) is 2.07. The predicted octanol–water partition coefficient (Wildman–Crippen LogP) is 0.323. The van der Waals surface area contributed by atoms with E-state index in [4.69, 9.17) is 10.8 Å². The van der Waals surface area contributed by atoms with Gasteiger partial charge >= 0.3 is 5.97 Å². The minimum atomic E-state index is -1.12. The molecule has 1 unspecified atom stereocenters. The van der Waals surface area contributed by atoms with Crippen molar-refractivity contribution in [2.45, 2.75) is 6.04 Å². The van der Waals surface area contributed by atoms with Gasteiger partial charge in [-0.05, 0) is 15.9 Å². The van der Waals surface area contributed by atoms with Crippen LogP contribution in [-0.4, -0.2) is 21.0 Å². The second-order valence-corrected chi connectivity index (χ2v) is 2.93. The Labute approximate surface area is 76.8 Å². The Kier molecular flexibility index (Phi) is 2.72. The van der Waals surface area contributed by atoms with E-state index in [1.54, 1.807) is 0 Å². The summed E-state index contributed by atoms with van der Waals surface area (Å²) in [6.45, 7) is 0. The van der Waals surface area contributed by atoms with Gasteiger partial charge in [0.2, 0.25) is 0 Å². The summed E-state index contributed by atoms with van der Waals surface area (Å²) in [5.74, 6) is -1.12. The summed E-state index contributed by atoms with van der Waals surface area (Å²) in [7, 11) is 0. The molecule has 0 aliphatic heterocycles. The highest BCUT2D eigenvalue weighted by atomic mass is 79.9. The van der Waals surface area contributed by atoms with Crippen molar-refractivity contribution in [3.63, 3.8) is 0 Å².